The summed E-state index contributed by atoms with van der Waals surface area (Å²) in [6.07, 6.45) is 2.25. The fraction of sp³-hybridized carbons (Fsp3) is 0.667. The number of methoxy groups -OCH3 is 1. The molecule has 1 heterocycles. The molecule has 1 aliphatic carbocycles. The van der Waals surface area contributed by atoms with Gasteiger partial charge in [0, 0.05) is 31.1 Å². The molecule has 108 valence electrons. The topological polar surface area (TPSA) is 67.4 Å². The molecule has 0 saturated heterocycles. The van der Waals surface area contributed by atoms with E-state index in [0.717, 1.165) is 4.88 Å². The molecule has 0 spiro atoms. The second kappa shape index (κ2) is 6.32. The van der Waals surface area contributed by atoms with E-state index in [0.29, 0.717) is 17.5 Å². The van der Waals surface area contributed by atoms with Gasteiger partial charge < -0.3 is 10.1 Å². The van der Waals surface area contributed by atoms with Crippen LogP contribution < -0.4 is 10.0 Å². The summed E-state index contributed by atoms with van der Waals surface area (Å²) in [6.45, 7) is 2.73. The summed E-state index contributed by atoms with van der Waals surface area (Å²) in [5, 5.41) is 5.16. The maximum absolute atomic E-state index is 12.2. The molecule has 5 nitrogen and oxygen atoms in total. The number of sulfonamides is 1. The highest BCUT2D eigenvalue weighted by Gasteiger charge is 2.24. The highest BCUT2D eigenvalue weighted by molar-refractivity contribution is 7.89. The summed E-state index contributed by atoms with van der Waals surface area (Å²) in [5.41, 5.74) is 0. The zero-order valence-corrected chi connectivity index (χ0v) is 12.8. The Morgan fingerprint density at radius 3 is 2.89 bits per heavy atom. The Kier molecular flexibility index (Phi) is 4.97. The maximum atomic E-state index is 12.2. The molecule has 19 heavy (non-hydrogen) atoms. The fourth-order valence-corrected chi connectivity index (χ4v) is 4.12. The van der Waals surface area contributed by atoms with Crippen molar-refractivity contribution in [3.63, 3.8) is 0 Å². The second-order valence-corrected chi connectivity index (χ2v) is 7.50. The largest absolute Gasteiger partial charge is 0.380 e. The third-order valence-corrected chi connectivity index (χ3v) is 5.64. The molecule has 0 bridgehead atoms. The minimum absolute atomic E-state index is 0.138. The van der Waals surface area contributed by atoms with Gasteiger partial charge in [-0.1, -0.05) is 0 Å². The predicted molar refractivity (Wildman–Crippen MR) is 75.8 cm³/mol. The van der Waals surface area contributed by atoms with Crippen LogP contribution in [-0.2, 0) is 21.3 Å². The number of hydrogen-bond donors (Lipinski definition) is 2. The summed E-state index contributed by atoms with van der Waals surface area (Å²) in [6, 6.07) is 2.23. The van der Waals surface area contributed by atoms with Crippen LogP contribution in [0.2, 0.25) is 0 Å². The lowest BCUT2D eigenvalue weighted by molar-refractivity contribution is 0.122. The summed E-state index contributed by atoms with van der Waals surface area (Å²) >= 11 is 1.47. The quantitative estimate of drug-likeness (QED) is 0.760. The second-order valence-electron chi connectivity index (χ2n) is 4.76. The summed E-state index contributed by atoms with van der Waals surface area (Å²) in [7, 11) is -1.88. The molecule has 1 atom stereocenters. The molecule has 1 aromatic heterocycles. The fourth-order valence-electron chi connectivity index (χ4n) is 1.61. The first-order chi connectivity index (χ1) is 9.03. The minimum atomic E-state index is -3.44. The van der Waals surface area contributed by atoms with Crippen LogP contribution in [0.25, 0.3) is 0 Å². The molecule has 1 unspecified atom stereocenters. The van der Waals surface area contributed by atoms with Gasteiger partial charge in [-0.25, -0.2) is 13.1 Å². The van der Waals surface area contributed by atoms with Crippen molar-refractivity contribution in [3.05, 3.63) is 16.3 Å². The molecule has 1 aromatic rings. The van der Waals surface area contributed by atoms with Gasteiger partial charge in [-0.15, -0.1) is 11.3 Å². The summed E-state index contributed by atoms with van der Waals surface area (Å²) in [5.74, 6) is 0. The number of rotatable bonds is 8. The highest BCUT2D eigenvalue weighted by Crippen LogP contribution is 2.24. The van der Waals surface area contributed by atoms with E-state index >= 15 is 0 Å². The van der Waals surface area contributed by atoms with E-state index in [1.165, 1.54) is 24.2 Å². The normalized spacial score (nSPS) is 17.6. The van der Waals surface area contributed by atoms with Crippen molar-refractivity contribution in [2.75, 3.05) is 13.7 Å². The standard InChI is InChI=1S/C12H20N2O3S2/c1-9(17-2)7-14-19(15,16)12-5-6-18-11(12)8-13-10-3-4-10/h5-6,9-10,13-14H,3-4,7-8H2,1-2H3. The van der Waals surface area contributed by atoms with Gasteiger partial charge in [-0.2, -0.15) is 0 Å². The van der Waals surface area contributed by atoms with E-state index in [4.69, 9.17) is 4.74 Å². The van der Waals surface area contributed by atoms with E-state index in [9.17, 15) is 8.42 Å². The molecule has 1 saturated carbocycles. The van der Waals surface area contributed by atoms with Crippen LogP contribution in [-0.4, -0.2) is 34.2 Å². The molecule has 0 radical (unpaired) electrons. The van der Waals surface area contributed by atoms with Gasteiger partial charge in [0.2, 0.25) is 10.0 Å². The molecular weight excluding hydrogens is 284 g/mol. The monoisotopic (exact) mass is 304 g/mol. The Hall–Kier alpha value is -0.470. The first-order valence-corrected chi connectivity index (χ1v) is 8.71. The third-order valence-electron chi connectivity index (χ3n) is 3.09. The van der Waals surface area contributed by atoms with Crippen molar-refractivity contribution >= 4 is 21.4 Å². The van der Waals surface area contributed by atoms with Gasteiger partial charge in [0.15, 0.2) is 0 Å². The van der Waals surface area contributed by atoms with Gasteiger partial charge >= 0.3 is 0 Å². The zero-order valence-electron chi connectivity index (χ0n) is 11.2. The van der Waals surface area contributed by atoms with Crippen LogP contribution in [0.3, 0.4) is 0 Å². The first kappa shape index (κ1) is 14.9. The SMILES string of the molecule is COC(C)CNS(=O)(=O)c1ccsc1CNC1CC1. The number of ether oxygens (including phenoxy) is 1. The van der Waals surface area contributed by atoms with Crippen LogP contribution in [0.5, 0.6) is 0 Å². The number of hydrogen-bond acceptors (Lipinski definition) is 5. The molecule has 7 heteroatoms. The van der Waals surface area contributed by atoms with E-state index in [1.807, 2.05) is 12.3 Å². The van der Waals surface area contributed by atoms with Gasteiger partial charge in [-0.3, -0.25) is 0 Å². The molecule has 0 aliphatic heterocycles. The minimum Gasteiger partial charge on any atom is -0.380 e. The van der Waals surface area contributed by atoms with Crippen molar-refractivity contribution in [2.45, 2.75) is 43.4 Å². The van der Waals surface area contributed by atoms with Crippen molar-refractivity contribution in [1.29, 1.82) is 0 Å². The van der Waals surface area contributed by atoms with Crippen molar-refractivity contribution < 1.29 is 13.2 Å². The Bertz CT molecular complexity index is 509. The predicted octanol–water partition coefficient (Wildman–Crippen LogP) is 1.31. The zero-order chi connectivity index (χ0) is 13.9. The number of thiophene rings is 1. The van der Waals surface area contributed by atoms with Crippen LogP contribution >= 0.6 is 11.3 Å². The van der Waals surface area contributed by atoms with Gasteiger partial charge in [-0.05, 0) is 31.2 Å². The van der Waals surface area contributed by atoms with E-state index in [-0.39, 0.29) is 12.6 Å². The molecule has 0 amide bonds. The van der Waals surface area contributed by atoms with E-state index in [2.05, 4.69) is 10.0 Å². The third kappa shape index (κ3) is 4.25. The molecule has 2 N–H and O–H groups in total. The first-order valence-electron chi connectivity index (χ1n) is 6.35. The molecule has 1 fully saturated rings. The molecule has 0 aromatic carbocycles. The van der Waals surface area contributed by atoms with Crippen molar-refractivity contribution in [1.82, 2.24) is 10.0 Å². The van der Waals surface area contributed by atoms with Crippen molar-refractivity contribution in [3.8, 4) is 0 Å². The van der Waals surface area contributed by atoms with Gasteiger partial charge in [0.25, 0.3) is 0 Å². The Balaban J connectivity index is 2.00. The number of nitrogens with one attached hydrogen (secondary N) is 2. The van der Waals surface area contributed by atoms with Crippen LogP contribution in [0.4, 0.5) is 0 Å². The average Bonchev–Trinajstić information content (AvgIpc) is 3.09. The van der Waals surface area contributed by atoms with E-state index in [1.54, 1.807) is 13.2 Å². The van der Waals surface area contributed by atoms with Gasteiger partial charge in [0.1, 0.15) is 0 Å². The molecule has 2 rings (SSSR count). The maximum Gasteiger partial charge on any atom is 0.241 e. The Labute approximate surface area is 118 Å². The van der Waals surface area contributed by atoms with Crippen LogP contribution in [0.15, 0.2) is 16.3 Å². The summed E-state index contributed by atoms with van der Waals surface area (Å²) in [4.78, 5) is 1.25. The Morgan fingerprint density at radius 2 is 2.26 bits per heavy atom. The van der Waals surface area contributed by atoms with Crippen LogP contribution in [0.1, 0.15) is 24.6 Å². The van der Waals surface area contributed by atoms with Gasteiger partial charge in [0.05, 0.1) is 11.0 Å². The lowest BCUT2D eigenvalue weighted by atomic mass is 10.4. The smallest absolute Gasteiger partial charge is 0.241 e. The average molecular weight is 304 g/mol. The van der Waals surface area contributed by atoms with E-state index < -0.39 is 10.0 Å². The lowest BCUT2D eigenvalue weighted by Crippen LogP contribution is -2.32. The highest BCUT2D eigenvalue weighted by atomic mass is 32.2. The molecular formula is C12H20N2O3S2. The Morgan fingerprint density at radius 1 is 1.53 bits per heavy atom. The van der Waals surface area contributed by atoms with Crippen molar-refractivity contribution in [2.24, 2.45) is 0 Å². The summed E-state index contributed by atoms with van der Waals surface area (Å²) < 4.78 is 32.0. The van der Waals surface area contributed by atoms with Crippen LogP contribution in [0, 0.1) is 0 Å². The lowest BCUT2D eigenvalue weighted by Gasteiger charge is -2.12. The molecule has 1 aliphatic rings.